The Morgan fingerprint density at radius 3 is 3.11 bits per heavy atom. The van der Waals surface area contributed by atoms with Crippen molar-refractivity contribution in [1.29, 1.82) is 0 Å². The fourth-order valence-electron chi connectivity index (χ4n) is 1.30. The Morgan fingerprint density at radius 2 is 2.56 bits per heavy atom. The predicted octanol–water partition coefficient (Wildman–Crippen LogP) is 1.35. The minimum Gasteiger partial charge on any atom is -0.316 e. The lowest BCUT2D eigenvalue weighted by Crippen LogP contribution is -2.30. The Balaban J connectivity index is 2.08. The largest absolute Gasteiger partial charge is 0.316 e. The Bertz CT molecular complexity index is 66.6. The highest BCUT2D eigenvalue weighted by molar-refractivity contribution is 7.98. The van der Waals surface area contributed by atoms with E-state index >= 15 is 0 Å². The van der Waals surface area contributed by atoms with Gasteiger partial charge in [0, 0.05) is 0 Å². The van der Waals surface area contributed by atoms with Crippen molar-refractivity contribution in [1.82, 2.24) is 5.32 Å². The van der Waals surface area contributed by atoms with Crippen LogP contribution in [-0.4, -0.2) is 25.1 Å². The molecule has 1 atom stereocenters. The smallest absolute Gasteiger partial charge is 0.00126 e. The van der Waals surface area contributed by atoms with E-state index in [2.05, 4.69) is 11.6 Å². The number of nitrogens with one attached hydrogen (secondary N) is 1. The van der Waals surface area contributed by atoms with E-state index in [1.165, 1.54) is 31.7 Å². The van der Waals surface area contributed by atoms with Crippen LogP contribution >= 0.6 is 11.8 Å². The Morgan fingerprint density at radius 1 is 1.67 bits per heavy atom. The standard InChI is InChI=1S/C7H15NS/c1-9-6-7-3-2-4-8-5-7/h7-8H,2-6H2,1H3/t7-/m1/s1. The van der Waals surface area contributed by atoms with Crippen LogP contribution in [0, 0.1) is 5.92 Å². The molecule has 0 bridgehead atoms. The summed E-state index contributed by atoms with van der Waals surface area (Å²) in [4.78, 5) is 0. The second-order valence-electron chi connectivity index (χ2n) is 2.67. The molecule has 0 spiro atoms. The molecule has 0 amide bonds. The molecule has 0 aromatic heterocycles. The molecule has 2 heteroatoms. The van der Waals surface area contributed by atoms with Crippen LogP contribution in [0.3, 0.4) is 0 Å². The molecule has 1 aliphatic heterocycles. The molecule has 1 nitrogen and oxygen atoms in total. The first-order chi connectivity index (χ1) is 4.43. The second kappa shape index (κ2) is 4.18. The molecule has 0 aromatic rings. The molecule has 1 fully saturated rings. The van der Waals surface area contributed by atoms with Crippen LogP contribution in [0.1, 0.15) is 12.8 Å². The predicted molar refractivity (Wildman–Crippen MR) is 44.0 cm³/mol. The van der Waals surface area contributed by atoms with Gasteiger partial charge >= 0.3 is 0 Å². The molecule has 0 aliphatic carbocycles. The van der Waals surface area contributed by atoms with Crippen LogP contribution in [0.15, 0.2) is 0 Å². The highest BCUT2D eigenvalue weighted by Gasteiger charge is 2.10. The number of hydrogen-bond acceptors (Lipinski definition) is 2. The summed E-state index contributed by atoms with van der Waals surface area (Å²) in [5.74, 6) is 2.29. The first kappa shape index (κ1) is 7.42. The summed E-state index contributed by atoms with van der Waals surface area (Å²) in [6, 6.07) is 0. The number of rotatable bonds is 2. The SMILES string of the molecule is CSC[C@@H]1CCCNC1. The van der Waals surface area contributed by atoms with Crippen LogP contribution in [-0.2, 0) is 0 Å². The molecule has 0 unspecified atom stereocenters. The van der Waals surface area contributed by atoms with E-state index in [0.717, 1.165) is 5.92 Å². The molecule has 0 radical (unpaired) electrons. The Kier molecular flexibility index (Phi) is 3.44. The van der Waals surface area contributed by atoms with Crippen molar-refractivity contribution in [2.75, 3.05) is 25.1 Å². The van der Waals surface area contributed by atoms with Crippen LogP contribution in [0.5, 0.6) is 0 Å². The summed E-state index contributed by atoms with van der Waals surface area (Å²) in [5.41, 5.74) is 0. The van der Waals surface area contributed by atoms with Gasteiger partial charge in [-0.3, -0.25) is 0 Å². The van der Waals surface area contributed by atoms with E-state index in [0.29, 0.717) is 0 Å². The fourth-order valence-corrected chi connectivity index (χ4v) is 2.06. The first-order valence-electron chi connectivity index (χ1n) is 3.63. The quantitative estimate of drug-likeness (QED) is 0.629. The van der Waals surface area contributed by atoms with Gasteiger partial charge in [0.05, 0.1) is 0 Å². The molecule has 1 rings (SSSR count). The number of piperidine rings is 1. The minimum atomic E-state index is 0.953. The fraction of sp³-hybridized carbons (Fsp3) is 1.00. The Hall–Kier alpha value is 0.310. The number of hydrogen-bond donors (Lipinski definition) is 1. The zero-order valence-corrected chi connectivity index (χ0v) is 6.84. The normalized spacial score (nSPS) is 28.3. The van der Waals surface area contributed by atoms with Crippen molar-refractivity contribution in [2.24, 2.45) is 5.92 Å². The van der Waals surface area contributed by atoms with Gasteiger partial charge in [0.1, 0.15) is 0 Å². The maximum atomic E-state index is 3.41. The van der Waals surface area contributed by atoms with E-state index in [-0.39, 0.29) is 0 Å². The summed E-state index contributed by atoms with van der Waals surface area (Å²) in [6.07, 6.45) is 5.01. The van der Waals surface area contributed by atoms with Crippen molar-refractivity contribution < 1.29 is 0 Å². The van der Waals surface area contributed by atoms with Crippen LogP contribution in [0.4, 0.5) is 0 Å². The zero-order chi connectivity index (χ0) is 6.53. The van der Waals surface area contributed by atoms with Crippen LogP contribution < -0.4 is 5.32 Å². The molecule has 9 heavy (non-hydrogen) atoms. The summed E-state index contributed by atoms with van der Waals surface area (Å²) >= 11 is 1.97. The lowest BCUT2D eigenvalue weighted by Gasteiger charge is -2.21. The maximum absolute atomic E-state index is 3.41. The topological polar surface area (TPSA) is 12.0 Å². The monoisotopic (exact) mass is 145 g/mol. The molecule has 1 heterocycles. The van der Waals surface area contributed by atoms with Crippen LogP contribution in [0.2, 0.25) is 0 Å². The van der Waals surface area contributed by atoms with Gasteiger partial charge < -0.3 is 5.32 Å². The summed E-state index contributed by atoms with van der Waals surface area (Å²) in [7, 11) is 0. The average Bonchev–Trinajstić information content (AvgIpc) is 1.91. The molecule has 54 valence electrons. The van der Waals surface area contributed by atoms with Gasteiger partial charge in [-0.05, 0) is 43.9 Å². The van der Waals surface area contributed by atoms with Crippen LogP contribution in [0.25, 0.3) is 0 Å². The maximum Gasteiger partial charge on any atom is -0.00126 e. The minimum absolute atomic E-state index is 0.953. The molecule has 1 aliphatic rings. The van der Waals surface area contributed by atoms with Gasteiger partial charge in [-0.2, -0.15) is 11.8 Å². The highest BCUT2D eigenvalue weighted by atomic mass is 32.2. The number of thioether (sulfide) groups is 1. The van der Waals surface area contributed by atoms with Crippen molar-refractivity contribution >= 4 is 11.8 Å². The van der Waals surface area contributed by atoms with Crippen molar-refractivity contribution in [2.45, 2.75) is 12.8 Å². The summed E-state index contributed by atoms with van der Waals surface area (Å²) in [6.45, 7) is 2.49. The van der Waals surface area contributed by atoms with E-state index in [4.69, 9.17) is 0 Å². The third-order valence-corrected chi connectivity index (χ3v) is 2.61. The van der Waals surface area contributed by atoms with Gasteiger partial charge in [-0.15, -0.1) is 0 Å². The molecular weight excluding hydrogens is 130 g/mol. The van der Waals surface area contributed by atoms with Crippen molar-refractivity contribution in [3.8, 4) is 0 Å². The van der Waals surface area contributed by atoms with E-state index in [9.17, 15) is 0 Å². The molecule has 0 aromatic carbocycles. The van der Waals surface area contributed by atoms with E-state index in [1.807, 2.05) is 11.8 Å². The Labute approximate surface area is 61.6 Å². The second-order valence-corrected chi connectivity index (χ2v) is 3.58. The van der Waals surface area contributed by atoms with Crippen molar-refractivity contribution in [3.05, 3.63) is 0 Å². The first-order valence-corrected chi connectivity index (χ1v) is 5.02. The summed E-state index contributed by atoms with van der Waals surface area (Å²) in [5, 5.41) is 3.41. The summed E-state index contributed by atoms with van der Waals surface area (Å²) < 4.78 is 0. The lowest BCUT2D eigenvalue weighted by atomic mass is 10.0. The third-order valence-electron chi connectivity index (χ3n) is 1.80. The van der Waals surface area contributed by atoms with E-state index in [1.54, 1.807) is 0 Å². The van der Waals surface area contributed by atoms with Gasteiger partial charge in [-0.25, -0.2) is 0 Å². The molecule has 1 saturated heterocycles. The van der Waals surface area contributed by atoms with Gasteiger partial charge in [-0.1, -0.05) is 0 Å². The van der Waals surface area contributed by atoms with Gasteiger partial charge in [0.15, 0.2) is 0 Å². The molecule has 1 N–H and O–H groups in total. The zero-order valence-electron chi connectivity index (χ0n) is 6.02. The third kappa shape index (κ3) is 2.59. The molecule has 0 saturated carbocycles. The van der Waals surface area contributed by atoms with Gasteiger partial charge in [0.2, 0.25) is 0 Å². The van der Waals surface area contributed by atoms with Gasteiger partial charge in [0.25, 0.3) is 0 Å². The molecular formula is C7H15NS. The highest BCUT2D eigenvalue weighted by Crippen LogP contribution is 2.13. The average molecular weight is 145 g/mol. The van der Waals surface area contributed by atoms with Crippen molar-refractivity contribution in [3.63, 3.8) is 0 Å². The lowest BCUT2D eigenvalue weighted by molar-refractivity contribution is 0.410. The van der Waals surface area contributed by atoms with E-state index < -0.39 is 0 Å².